The van der Waals surface area contributed by atoms with Crippen molar-refractivity contribution >= 4 is 5.97 Å². The summed E-state index contributed by atoms with van der Waals surface area (Å²) in [4.78, 5) is 12.2. The van der Waals surface area contributed by atoms with E-state index in [4.69, 9.17) is 4.74 Å². The molecule has 0 aliphatic carbocycles. The Morgan fingerprint density at radius 2 is 1.10 bits per heavy atom. The van der Waals surface area contributed by atoms with Crippen LogP contribution < -0.4 is 5.32 Å². The summed E-state index contributed by atoms with van der Waals surface area (Å²) in [5.41, 5.74) is -0.312. The fourth-order valence-electron chi connectivity index (χ4n) is 4.94. The highest BCUT2D eigenvalue weighted by Crippen LogP contribution is 2.29. The van der Waals surface area contributed by atoms with Crippen molar-refractivity contribution in [1.82, 2.24) is 5.32 Å². The number of rotatable bonds is 20. The number of nitrogens with one attached hydrogen (secondary N) is 1. The average molecular weight is 438 g/mol. The van der Waals surface area contributed by atoms with Gasteiger partial charge < -0.3 is 10.1 Å². The number of hydrogen-bond acceptors (Lipinski definition) is 3. The molecule has 0 unspecified atom stereocenters. The van der Waals surface area contributed by atoms with E-state index in [-0.39, 0.29) is 11.6 Å². The van der Waals surface area contributed by atoms with Gasteiger partial charge in [0, 0.05) is 12.3 Å². The molecule has 0 aromatic heterocycles. The Morgan fingerprint density at radius 3 is 1.52 bits per heavy atom. The Kier molecular flexibility index (Phi) is 17.4. The summed E-state index contributed by atoms with van der Waals surface area (Å²) in [6, 6.07) is 0. The van der Waals surface area contributed by atoms with Crippen molar-refractivity contribution in [2.45, 2.75) is 155 Å². The molecular weight excluding hydrogens is 382 g/mol. The minimum Gasteiger partial charge on any atom is -0.459 e. The SMILES string of the molecule is CCCCCCCCCCCCCCCCCCCC(=O)OC(C)(C)C1CCNCC1. The molecule has 0 aromatic rings. The zero-order valence-electron chi connectivity index (χ0n) is 21.5. The van der Waals surface area contributed by atoms with Gasteiger partial charge in [0.1, 0.15) is 5.60 Å². The minimum atomic E-state index is -0.312. The summed E-state index contributed by atoms with van der Waals surface area (Å²) in [6.45, 7) is 8.57. The molecule has 31 heavy (non-hydrogen) atoms. The van der Waals surface area contributed by atoms with Crippen molar-refractivity contribution in [1.29, 1.82) is 0 Å². The van der Waals surface area contributed by atoms with Gasteiger partial charge in [-0.2, -0.15) is 0 Å². The number of carbonyl (C=O) groups excluding carboxylic acids is 1. The van der Waals surface area contributed by atoms with Crippen LogP contribution >= 0.6 is 0 Å². The van der Waals surface area contributed by atoms with Crippen molar-refractivity contribution in [3.05, 3.63) is 0 Å². The third kappa shape index (κ3) is 15.8. The van der Waals surface area contributed by atoms with E-state index in [1.165, 1.54) is 103 Å². The molecule has 0 saturated carbocycles. The molecule has 0 amide bonds. The Morgan fingerprint density at radius 1 is 0.710 bits per heavy atom. The molecule has 0 aromatic carbocycles. The van der Waals surface area contributed by atoms with Crippen LogP contribution in [0.4, 0.5) is 0 Å². The van der Waals surface area contributed by atoms with Crippen LogP contribution in [0, 0.1) is 5.92 Å². The second kappa shape index (κ2) is 18.9. The van der Waals surface area contributed by atoms with Gasteiger partial charge in [-0.3, -0.25) is 4.79 Å². The molecule has 0 bridgehead atoms. The monoisotopic (exact) mass is 437 g/mol. The van der Waals surface area contributed by atoms with Gasteiger partial charge in [-0.1, -0.05) is 110 Å². The Bertz CT molecular complexity index is 415. The van der Waals surface area contributed by atoms with E-state index in [2.05, 4.69) is 26.1 Å². The molecule has 0 radical (unpaired) electrons. The van der Waals surface area contributed by atoms with E-state index < -0.39 is 0 Å². The van der Waals surface area contributed by atoms with E-state index >= 15 is 0 Å². The van der Waals surface area contributed by atoms with Gasteiger partial charge in [0.2, 0.25) is 0 Å². The van der Waals surface area contributed by atoms with Crippen molar-refractivity contribution in [3.8, 4) is 0 Å². The Balaban J connectivity index is 1.82. The average Bonchev–Trinajstić information content (AvgIpc) is 2.76. The highest BCUT2D eigenvalue weighted by Gasteiger charge is 2.33. The summed E-state index contributed by atoms with van der Waals surface area (Å²) in [6.07, 6.45) is 26.0. The van der Waals surface area contributed by atoms with Gasteiger partial charge in [0.25, 0.3) is 0 Å². The highest BCUT2D eigenvalue weighted by atomic mass is 16.6. The maximum Gasteiger partial charge on any atom is 0.306 e. The zero-order valence-corrected chi connectivity index (χ0v) is 21.5. The van der Waals surface area contributed by atoms with Crippen LogP contribution in [0.25, 0.3) is 0 Å². The van der Waals surface area contributed by atoms with Crippen LogP contribution in [-0.4, -0.2) is 24.7 Å². The van der Waals surface area contributed by atoms with Crippen molar-refractivity contribution in [2.24, 2.45) is 5.92 Å². The molecule has 0 atom stereocenters. The number of piperidine rings is 1. The first-order valence-corrected chi connectivity index (χ1v) is 14.0. The fraction of sp³-hybridized carbons (Fsp3) is 0.964. The molecule has 0 spiro atoms. The predicted molar refractivity (Wildman–Crippen MR) is 135 cm³/mol. The number of unbranched alkanes of at least 4 members (excludes halogenated alkanes) is 16. The largest absolute Gasteiger partial charge is 0.459 e. The maximum atomic E-state index is 12.2. The van der Waals surface area contributed by atoms with E-state index in [0.29, 0.717) is 12.3 Å². The van der Waals surface area contributed by atoms with Crippen LogP contribution in [0.15, 0.2) is 0 Å². The lowest BCUT2D eigenvalue weighted by Gasteiger charge is -2.36. The molecule has 1 N–H and O–H groups in total. The van der Waals surface area contributed by atoms with Gasteiger partial charge in [-0.25, -0.2) is 0 Å². The molecule has 1 rings (SSSR count). The van der Waals surface area contributed by atoms with Crippen LogP contribution in [-0.2, 0) is 9.53 Å². The van der Waals surface area contributed by atoms with E-state index in [1.54, 1.807) is 0 Å². The van der Waals surface area contributed by atoms with Gasteiger partial charge >= 0.3 is 5.97 Å². The van der Waals surface area contributed by atoms with Crippen LogP contribution in [0.1, 0.15) is 149 Å². The van der Waals surface area contributed by atoms with Gasteiger partial charge in [-0.05, 0) is 46.2 Å². The van der Waals surface area contributed by atoms with Gasteiger partial charge in [-0.15, -0.1) is 0 Å². The smallest absolute Gasteiger partial charge is 0.306 e. The summed E-state index contributed by atoms with van der Waals surface area (Å²) in [5, 5.41) is 3.39. The van der Waals surface area contributed by atoms with E-state index in [9.17, 15) is 4.79 Å². The third-order valence-corrected chi connectivity index (χ3v) is 7.18. The minimum absolute atomic E-state index is 0.00416. The lowest BCUT2D eigenvalue weighted by molar-refractivity contribution is -0.162. The second-order valence-electron chi connectivity index (χ2n) is 10.5. The quantitative estimate of drug-likeness (QED) is 0.154. The number of esters is 1. The lowest BCUT2D eigenvalue weighted by Crippen LogP contribution is -2.42. The predicted octanol–water partition coefficient (Wildman–Crippen LogP) is 8.35. The van der Waals surface area contributed by atoms with Gasteiger partial charge in [0.05, 0.1) is 0 Å². The van der Waals surface area contributed by atoms with Crippen molar-refractivity contribution in [2.75, 3.05) is 13.1 Å². The molecule has 1 heterocycles. The lowest BCUT2D eigenvalue weighted by atomic mass is 9.83. The molecular formula is C28H55NO2. The third-order valence-electron chi connectivity index (χ3n) is 7.18. The Hall–Kier alpha value is -0.570. The molecule has 1 aliphatic rings. The molecule has 184 valence electrons. The molecule has 3 heteroatoms. The van der Waals surface area contributed by atoms with Gasteiger partial charge in [0.15, 0.2) is 0 Å². The first-order chi connectivity index (χ1) is 15.1. The molecule has 3 nitrogen and oxygen atoms in total. The zero-order chi connectivity index (χ0) is 22.6. The van der Waals surface area contributed by atoms with E-state index in [1.807, 2.05) is 0 Å². The number of carbonyl (C=O) groups is 1. The second-order valence-corrected chi connectivity index (χ2v) is 10.5. The highest BCUT2D eigenvalue weighted by molar-refractivity contribution is 5.69. The van der Waals surface area contributed by atoms with E-state index in [0.717, 1.165) is 32.4 Å². The standard InChI is InChI=1S/C28H55NO2/c1-4-5-6-7-8-9-10-11-12-13-14-15-16-17-18-19-20-21-27(30)31-28(2,3)26-22-24-29-25-23-26/h26,29H,4-25H2,1-3H3. The maximum absolute atomic E-state index is 12.2. The molecule has 1 saturated heterocycles. The van der Waals surface area contributed by atoms with Crippen molar-refractivity contribution < 1.29 is 9.53 Å². The first-order valence-electron chi connectivity index (χ1n) is 14.0. The van der Waals surface area contributed by atoms with Crippen LogP contribution in [0.5, 0.6) is 0 Å². The van der Waals surface area contributed by atoms with Crippen LogP contribution in [0.2, 0.25) is 0 Å². The fourth-order valence-corrected chi connectivity index (χ4v) is 4.94. The van der Waals surface area contributed by atoms with Crippen molar-refractivity contribution in [3.63, 3.8) is 0 Å². The topological polar surface area (TPSA) is 38.3 Å². The normalized spacial score (nSPS) is 15.3. The molecule has 1 aliphatic heterocycles. The Labute approximate surface area is 194 Å². The summed E-state index contributed by atoms with van der Waals surface area (Å²) >= 11 is 0. The summed E-state index contributed by atoms with van der Waals surface area (Å²) in [7, 11) is 0. The summed E-state index contributed by atoms with van der Waals surface area (Å²) in [5.74, 6) is 0.498. The van der Waals surface area contributed by atoms with Crippen LogP contribution in [0.3, 0.4) is 0 Å². The number of ether oxygens (including phenoxy) is 1. The summed E-state index contributed by atoms with van der Waals surface area (Å²) < 4.78 is 5.84. The molecule has 1 fully saturated rings. The first kappa shape index (κ1) is 28.5. The number of hydrogen-bond donors (Lipinski definition) is 1.